The summed E-state index contributed by atoms with van der Waals surface area (Å²) in [5, 5.41) is 0. The summed E-state index contributed by atoms with van der Waals surface area (Å²) in [5.74, 6) is -1.36. The van der Waals surface area contributed by atoms with Gasteiger partial charge < -0.3 is 0 Å². The number of alkyl halides is 3. The first-order valence-electron chi connectivity index (χ1n) is 3.58. The summed E-state index contributed by atoms with van der Waals surface area (Å²) in [6, 6.07) is 0.657. The van der Waals surface area contributed by atoms with Gasteiger partial charge in [0.1, 0.15) is 0 Å². The number of pyridine rings is 1. The van der Waals surface area contributed by atoms with Gasteiger partial charge in [0.2, 0.25) is 5.95 Å². The van der Waals surface area contributed by atoms with Crippen LogP contribution in [-0.2, 0) is 5.88 Å². The van der Waals surface area contributed by atoms with Crippen LogP contribution in [0.15, 0.2) is 6.07 Å². The van der Waals surface area contributed by atoms with Gasteiger partial charge in [-0.25, -0.2) is 13.8 Å². The first-order chi connectivity index (χ1) is 6.60. The van der Waals surface area contributed by atoms with E-state index >= 15 is 0 Å². The zero-order chi connectivity index (χ0) is 10.7. The van der Waals surface area contributed by atoms with Gasteiger partial charge in [-0.3, -0.25) is 4.79 Å². The third-order valence-corrected chi connectivity index (χ3v) is 1.86. The summed E-state index contributed by atoms with van der Waals surface area (Å²) in [7, 11) is 0. The Morgan fingerprint density at radius 2 is 2.21 bits per heavy atom. The van der Waals surface area contributed by atoms with Gasteiger partial charge in [-0.15, -0.1) is 11.6 Å². The minimum Gasteiger partial charge on any atom is -0.298 e. The van der Waals surface area contributed by atoms with E-state index in [2.05, 4.69) is 4.98 Å². The van der Waals surface area contributed by atoms with Gasteiger partial charge in [-0.2, -0.15) is 4.39 Å². The summed E-state index contributed by atoms with van der Waals surface area (Å²) >= 11 is 5.30. The molecule has 0 aromatic carbocycles. The highest BCUT2D eigenvalue weighted by Gasteiger charge is 2.19. The Hall–Kier alpha value is -1.10. The van der Waals surface area contributed by atoms with Crippen LogP contribution < -0.4 is 0 Å². The van der Waals surface area contributed by atoms with E-state index in [1.54, 1.807) is 0 Å². The second-order valence-corrected chi connectivity index (χ2v) is 2.71. The van der Waals surface area contributed by atoms with Crippen LogP contribution in [0.4, 0.5) is 13.2 Å². The molecule has 0 bridgehead atoms. The molecule has 0 spiro atoms. The summed E-state index contributed by atoms with van der Waals surface area (Å²) in [6.07, 6.45) is -2.74. The molecular weight excluding hydrogens is 219 g/mol. The SMILES string of the molecule is O=Cc1cc(F)nc(CCl)c1C(F)F. The molecule has 76 valence electrons. The summed E-state index contributed by atoms with van der Waals surface area (Å²) in [4.78, 5) is 13.6. The quantitative estimate of drug-likeness (QED) is 0.448. The highest BCUT2D eigenvalue weighted by Crippen LogP contribution is 2.26. The van der Waals surface area contributed by atoms with E-state index in [-0.39, 0.29) is 17.9 Å². The van der Waals surface area contributed by atoms with Gasteiger partial charge in [0.15, 0.2) is 6.29 Å². The zero-order valence-corrected chi connectivity index (χ0v) is 7.56. The number of halogens is 4. The van der Waals surface area contributed by atoms with Gasteiger partial charge in [0.05, 0.1) is 17.1 Å². The Morgan fingerprint density at radius 3 is 2.64 bits per heavy atom. The molecule has 1 aromatic heterocycles. The molecule has 1 heterocycles. The minimum atomic E-state index is -2.89. The normalized spacial score (nSPS) is 10.6. The summed E-state index contributed by atoms with van der Waals surface area (Å²) < 4.78 is 37.5. The lowest BCUT2D eigenvalue weighted by molar-refractivity contribution is 0.110. The van der Waals surface area contributed by atoms with Crippen molar-refractivity contribution >= 4 is 17.9 Å². The van der Waals surface area contributed by atoms with Gasteiger partial charge >= 0.3 is 0 Å². The van der Waals surface area contributed by atoms with Crippen molar-refractivity contribution in [3.8, 4) is 0 Å². The number of nitrogens with zero attached hydrogens (tertiary/aromatic N) is 1. The molecular formula is C8H5ClF3NO. The Kier molecular flexibility index (Phi) is 3.46. The molecule has 0 aliphatic rings. The van der Waals surface area contributed by atoms with Crippen LogP contribution >= 0.6 is 11.6 Å². The maximum absolute atomic E-state index is 12.7. The Morgan fingerprint density at radius 1 is 1.57 bits per heavy atom. The van der Waals surface area contributed by atoms with Crippen LogP contribution in [0.2, 0.25) is 0 Å². The van der Waals surface area contributed by atoms with Crippen molar-refractivity contribution < 1.29 is 18.0 Å². The van der Waals surface area contributed by atoms with Gasteiger partial charge in [0.25, 0.3) is 6.43 Å². The molecule has 0 aliphatic heterocycles. The Labute approximate surface area is 82.7 Å². The predicted molar refractivity (Wildman–Crippen MR) is 44.1 cm³/mol. The maximum atomic E-state index is 12.7. The van der Waals surface area contributed by atoms with E-state index in [0.29, 0.717) is 6.07 Å². The lowest BCUT2D eigenvalue weighted by Gasteiger charge is -2.07. The van der Waals surface area contributed by atoms with Crippen molar-refractivity contribution in [2.24, 2.45) is 0 Å². The van der Waals surface area contributed by atoms with Crippen LogP contribution in [0, 0.1) is 5.95 Å². The fourth-order valence-electron chi connectivity index (χ4n) is 1.05. The third kappa shape index (κ3) is 2.04. The Balaban J connectivity index is 3.40. The molecule has 0 amide bonds. The number of hydrogen-bond acceptors (Lipinski definition) is 2. The number of carbonyl (C=O) groups excluding carboxylic acids is 1. The monoisotopic (exact) mass is 223 g/mol. The van der Waals surface area contributed by atoms with Crippen molar-refractivity contribution in [2.45, 2.75) is 12.3 Å². The molecule has 1 aromatic rings. The van der Waals surface area contributed by atoms with E-state index < -0.39 is 23.5 Å². The van der Waals surface area contributed by atoms with E-state index in [1.807, 2.05) is 0 Å². The number of aldehydes is 1. The molecule has 6 heteroatoms. The molecule has 0 aliphatic carbocycles. The highest BCUT2D eigenvalue weighted by atomic mass is 35.5. The second-order valence-electron chi connectivity index (χ2n) is 2.45. The van der Waals surface area contributed by atoms with Crippen molar-refractivity contribution in [3.63, 3.8) is 0 Å². The number of rotatable bonds is 3. The van der Waals surface area contributed by atoms with Crippen LogP contribution in [0.3, 0.4) is 0 Å². The molecule has 0 fully saturated rings. The third-order valence-electron chi connectivity index (χ3n) is 1.61. The molecule has 2 nitrogen and oxygen atoms in total. The van der Waals surface area contributed by atoms with Crippen molar-refractivity contribution in [1.82, 2.24) is 4.98 Å². The average Bonchev–Trinajstić information content (AvgIpc) is 2.15. The van der Waals surface area contributed by atoms with Crippen LogP contribution in [0.1, 0.15) is 28.0 Å². The first-order valence-corrected chi connectivity index (χ1v) is 4.12. The number of hydrogen-bond donors (Lipinski definition) is 0. The van der Waals surface area contributed by atoms with E-state index in [1.165, 1.54) is 0 Å². The van der Waals surface area contributed by atoms with Crippen LogP contribution in [-0.4, -0.2) is 11.3 Å². The summed E-state index contributed by atoms with van der Waals surface area (Å²) in [5.41, 5.74) is -1.32. The molecule has 0 N–H and O–H groups in total. The highest BCUT2D eigenvalue weighted by molar-refractivity contribution is 6.17. The average molecular weight is 224 g/mol. The maximum Gasteiger partial charge on any atom is 0.266 e. The predicted octanol–water partition coefficient (Wildman–Crippen LogP) is 2.71. The molecule has 0 radical (unpaired) electrons. The fraction of sp³-hybridized carbons (Fsp3) is 0.250. The first kappa shape index (κ1) is 11.0. The molecule has 0 saturated carbocycles. The molecule has 1 rings (SSSR count). The largest absolute Gasteiger partial charge is 0.298 e. The minimum absolute atomic E-state index is 0.155. The standard InChI is InChI=1S/C8H5ClF3NO/c9-2-5-7(8(11)12)4(3-14)1-6(10)13-5/h1,3,8H,2H2. The van der Waals surface area contributed by atoms with E-state index in [9.17, 15) is 18.0 Å². The zero-order valence-electron chi connectivity index (χ0n) is 6.81. The smallest absolute Gasteiger partial charge is 0.266 e. The van der Waals surface area contributed by atoms with Crippen LogP contribution in [0.5, 0.6) is 0 Å². The number of carbonyl (C=O) groups is 1. The molecule has 0 atom stereocenters. The van der Waals surface area contributed by atoms with Crippen LogP contribution in [0.25, 0.3) is 0 Å². The van der Waals surface area contributed by atoms with Gasteiger partial charge in [0, 0.05) is 11.6 Å². The lowest BCUT2D eigenvalue weighted by atomic mass is 10.1. The summed E-state index contributed by atoms with van der Waals surface area (Å²) in [6.45, 7) is 0. The van der Waals surface area contributed by atoms with E-state index in [0.717, 1.165) is 0 Å². The molecule has 14 heavy (non-hydrogen) atoms. The molecule has 0 saturated heterocycles. The van der Waals surface area contributed by atoms with Gasteiger partial charge in [-0.05, 0) is 0 Å². The van der Waals surface area contributed by atoms with Crippen molar-refractivity contribution in [3.05, 3.63) is 28.8 Å². The molecule has 0 unspecified atom stereocenters. The number of aromatic nitrogens is 1. The van der Waals surface area contributed by atoms with E-state index in [4.69, 9.17) is 11.6 Å². The van der Waals surface area contributed by atoms with Crippen molar-refractivity contribution in [2.75, 3.05) is 0 Å². The second kappa shape index (κ2) is 4.41. The van der Waals surface area contributed by atoms with Crippen molar-refractivity contribution in [1.29, 1.82) is 0 Å². The van der Waals surface area contributed by atoms with Gasteiger partial charge in [-0.1, -0.05) is 0 Å². The Bertz CT molecular complexity index is 357. The topological polar surface area (TPSA) is 30.0 Å². The lowest BCUT2D eigenvalue weighted by Crippen LogP contribution is -2.04. The fourth-order valence-corrected chi connectivity index (χ4v) is 1.25.